The van der Waals surface area contributed by atoms with Crippen LogP contribution in [0.4, 0.5) is 10.1 Å². The van der Waals surface area contributed by atoms with Gasteiger partial charge in [0.2, 0.25) is 0 Å². The molecule has 2 aromatic carbocycles. The lowest BCUT2D eigenvalue weighted by molar-refractivity contribution is 0.0599. The van der Waals surface area contributed by atoms with Crippen molar-refractivity contribution in [3.8, 4) is 0 Å². The average Bonchev–Trinajstić information content (AvgIpc) is 2.47. The smallest absolute Gasteiger partial charge is 0.338 e. The van der Waals surface area contributed by atoms with Gasteiger partial charge in [-0.3, -0.25) is 0 Å². The molecule has 0 aromatic heterocycles. The normalized spacial score (nSPS) is 10.2. The maximum Gasteiger partial charge on any atom is 0.338 e. The average molecular weight is 338 g/mol. The molecular weight excluding hydrogens is 325 g/mol. The second-order valence-electron chi connectivity index (χ2n) is 4.13. The van der Waals surface area contributed by atoms with Gasteiger partial charge in [0.25, 0.3) is 0 Å². The van der Waals surface area contributed by atoms with E-state index in [1.807, 2.05) is 6.07 Å². The van der Waals surface area contributed by atoms with Gasteiger partial charge in [-0.05, 0) is 29.8 Å². The Morgan fingerprint density at radius 1 is 1.30 bits per heavy atom. The van der Waals surface area contributed by atoms with Gasteiger partial charge in [0.05, 0.1) is 18.4 Å². The molecule has 3 nitrogen and oxygen atoms in total. The van der Waals surface area contributed by atoms with Gasteiger partial charge in [0.1, 0.15) is 5.82 Å². The number of anilines is 1. The Kier molecular flexibility index (Phi) is 4.74. The number of hydrogen-bond acceptors (Lipinski definition) is 3. The maximum atomic E-state index is 13.6. The van der Waals surface area contributed by atoms with Crippen LogP contribution in [0, 0.1) is 5.82 Å². The summed E-state index contributed by atoms with van der Waals surface area (Å²) in [5, 5.41) is 2.98. The van der Waals surface area contributed by atoms with Crippen molar-refractivity contribution in [1.29, 1.82) is 0 Å². The van der Waals surface area contributed by atoms with Crippen molar-refractivity contribution in [1.82, 2.24) is 0 Å². The quantitative estimate of drug-likeness (QED) is 0.857. The molecule has 0 spiro atoms. The number of hydrogen-bond donors (Lipinski definition) is 1. The van der Waals surface area contributed by atoms with Crippen LogP contribution in [0.1, 0.15) is 15.9 Å². The molecule has 0 saturated carbocycles. The SMILES string of the molecule is COC(=O)c1ccccc1CNc1cc(Br)ccc1F. The number of rotatable bonds is 4. The molecule has 0 atom stereocenters. The highest BCUT2D eigenvalue weighted by Crippen LogP contribution is 2.21. The lowest BCUT2D eigenvalue weighted by Crippen LogP contribution is -2.09. The number of halogens is 2. The number of nitrogens with one attached hydrogen (secondary N) is 1. The summed E-state index contributed by atoms with van der Waals surface area (Å²) < 4.78 is 19.1. The lowest BCUT2D eigenvalue weighted by atomic mass is 10.1. The summed E-state index contributed by atoms with van der Waals surface area (Å²) in [4.78, 5) is 11.6. The Morgan fingerprint density at radius 3 is 2.80 bits per heavy atom. The van der Waals surface area contributed by atoms with Gasteiger partial charge in [0, 0.05) is 11.0 Å². The summed E-state index contributed by atoms with van der Waals surface area (Å²) in [6.45, 7) is 0.332. The summed E-state index contributed by atoms with van der Waals surface area (Å²) in [5.74, 6) is -0.749. The van der Waals surface area contributed by atoms with E-state index in [4.69, 9.17) is 4.74 Å². The van der Waals surface area contributed by atoms with Crippen LogP contribution in [-0.2, 0) is 11.3 Å². The third-order valence-corrected chi connectivity index (χ3v) is 3.31. The highest BCUT2D eigenvalue weighted by molar-refractivity contribution is 9.10. The van der Waals surface area contributed by atoms with Crippen LogP contribution in [-0.4, -0.2) is 13.1 Å². The molecule has 0 radical (unpaired) electrons. The van der Waals surface area contributed by atoms with Gasteiger partial charge in [0.15, 0.2) is 0 Å². The molecule has 0 heterocycles. The highest BCUT2D eigenvalue weighted by atomic mass is 79.9. The van der Waals surface area contributed by atoms with Gasteiger partial charge in [-0.1, -0.05) is 34.1 Å². The number of carbonyl (C=O) groups excluding carboxylic acids is 1. The first-order chi connectivity index (χ1) is 9.61. The van der Waals surface area contributed by atoms with Crippen LogP contribution < -0.4 is 5.32 Å². The van der Waals surface area contributed by atoms with Crippen molar-refractivity contribution in [2.45, 2.75) is 6.54 Å². The summed E-state index contributed by atoms with van der Waals surface area (Å²) in [6, 6.07) is 11.7. The standard InChI is InChI=1S/C15H13BrFNO2/c1-20-15(19)12-5-3-2-4-10(12)9-18-14-8-11(16)6-7-13(14)17/h2-8,18H,9H2,1H3. The van der Waals surface area contributed by atoms with E-state index in [2.05, 4.69) is 21.2 Å². The Morgan fingerprint density at radius 2 is 2.05 bits per heavy atom. The van der Waals surface area contributed by atoms with Crippen LogP contribution in [0.25, 0.3) is 0 Å². The predicted molar refractivity (Wildman–Crippen MR) is 79.2 cm³/mol. The van der Waals surface area contributed by atoms with E-state index in [9.17, 15) is 9.18 Å². The third-order valence-electron chi connectivity index (χ3n) is 2.82. The maximum absolute atomic E-state index is 13.6. The van der Waals surface area contributed by atoms with E-state index in [0.717, 1.165) is 10.0 Å². The van der Waals surface area contributed by atoms with E-state index < -0.39 is 5.97 Å². The molecule has 2 aromatic rings. The number of ether oxygens (including phenoxy) is 1. The number of carbonyl (C=O) groups is 1. The molecule has 2 rings (SSSR count). The molecule has 0 fully saturated rings. The fourth-order valence-electron chi connectivity index (χ4n) is 1.81. The van der Waals surface area contributed by atoms with Gasteiger partial charge in [-0.15, -0.1) is 0 Å². The molecule has 5 heteroatoms. The molecule has 0 bridgehead atoms. The topological polar surface area (TPSA) is 38.3 Å². The largest absolute Gasteiger partial charge is 0.465 e. The molecule has 20 heavy (non-hydrogen) atoms. The molecule has 0 aliphatic heterocycles. The second-order valence-corrected chi connectivity index (χ2v) is 5.04. The van der Waals surface area contributed by atoms with Crippen molar-refractivity contribution in [3.05, 3.63) is 63.9 Å². The first-order valence-electron chi connectivity index (χ1n) is 5.97. The van der Waals surface area contributed by atoms with E-state index >= 15 is 0 Å². The summed E-state index contributed by atoms with van der Waals surface area (Å²) >= 11 is 3.29. The number of benzene rings is 2. The van der Waals surface area contributed by atoms with Crippen LogP contribution in [0.2, 0.25) is 0 Å². The molecular formula is C15H13BrFNO2. The first kappa shape index (κ1) is 14.5. The first-order valence-corrected chi connectivity index (χ1v) is 6.76. The Balaban J connectivity index is 2.19. The third kappa shape index (κ3) is 3.36. The fourth-order valence-corrected chi connectivity index (χ4v) is 2.17. The van der Waals surface area contributed by atoms with E-state index in [1.54, 1.807) is 30.3 Å². The highest BCUT2D eigenvalue weighted by Gasteiger charge is 2.11. The van der Waals surface area contributed by atoms with E-state index in [1.165, 1.54) is 13.2 Å². The van der Waals surface area contributed by atoms with Gasteiger partial charge < -0.3 is 10.1 Å². The molecule has 1 N–H and O–H groups in total. The molecule has 0 amide bonds. The zero-order valence-electron chi connectivity index (χ0n) is 10.8. The number of methoxy groups -OCH3 is 1. The Labute approximate surface area is 124 Å². The van der Waals surface area contributed by atoms with Crippen molar-refractivity contribution < 1.29 is 13.9 Å². The summed E-state index contributed by atoms with van der Waals surface area (Å²) in [6.07, 6.45) is 0. The minimum absolute atomic E-state index is 0.332. The molecule has 0 aliphatic carbocycles. The summed E-state index contributed by atoms with van der Waals surface area (Å²) in [5.41, 5.74) is 1.59. The van der Waals surface area contributed by atoms with Crippen LogP contribution in [0.5, 0.6) is 0 Å². The molecule has 0 saturated heterocycles. The summed E-state index contributed by atoms with van der Waals surface area (Å²) in [7, 11) is 1.33. The van der Waals surface area contributed by atoms with Crippen LogP contribution in [0.15, 0.2) is 46.9 Å². The van der Waals surface area contributed by atoms with Crippen molar-refractivity contribution in [2.24, 2.45) is 0 Å². The van der Waals surface area contributed by atoms with Gasteiger partial charge in [-0.2, -0.15) is 0 Å². The Bertz CT molecular complexity index is 631. The van der Waals surface area contributed by atoms with Gasteiger partial charge >= 0.3 is 5.97 Å². The fraction of sp³-hybridized carbons (Fsp3) is 0.133. The zero-order chi connectivity index (χ0) is 14.5. The Hall–Kier alpha value is -1.88. The molecule has 0 unspecified atom stereocenters. The lowest BCUT2D eigenvalue weighted by Gasteiger charge is -2.11. The van der Waals surface area contributed by atoms with Crippen molar-refractivity contribution in [3.63, 3.8) is 0 Å². The monoisotopic (exact) mass is 337 g/mol. The minimum Gasteiger partial charge on any atom is -0.465 e. The van der Waals surface area contributed by atoms with Crippen LogP contribution >= 0.6 is 15.9 Å². The molecule has 104 valence electrons. The van der Waals surface area contributed by atoms with E-state index in [0.29, 0.717) is 17.8 Å². The predicted octanol–water partition coefficient (Wildman–Crippen LogP) is 3.99. The minimum atomic E-state index is -0.405. The van der Waals surface area contributed by atoms with Crippen molar-refractivity contribution >= 4 is 27.6 Å². The molecule has 0 aliphatic rings. The van der Waals surface area contributed by atoms with Gasteiger partial charge in [-0.25, -0.2) is 9.18 Å². The van der Waals surface area contributed by atoms with E-state index in [-0.39, 0.29) is 5.82 Å². The second kappa shape index (κ2) is 6.52. The van der Waals surface area contributed by atoms with Crippen molar-refractivity contribution in [2.75, 3.05) is 12.4 Å². The van der Waals surface area contributed by atoms with Crippen LogP contribution in [0.3, 0.4) is 0 Å². The zero-order valence-corrected chi connectivity index (χ0v) is 12.4. The number of esters is 1.